The van der Waals surface area contributed by atoms with Crippen molar-refractivity contribution in [3.05, 3.63) is 51.6 Å². The molecule has 2 heterocycles. The lowest BCUT2D eigenvalue weighted by Crippen LogP contribution is -2.25. The lowest BCUT2D eigenvalue weighted by molar-refractivity contribution is -0.131. The topological polar surface area (TPSA) is 70.8 Å². The molecule has 0 aliphatic heterocycles. The zero-order chi connectivity index (χ0) is 15.4. The molecule has 21 heavy (non-hydrogen) atoms. The van der Waals surface area contributed by atoms with E-state index in [1.54, 1.807) is 24.9 Å². The molecule has 2 aromatic heterocycles. The summed E-state index contributed by atoms with van der Waals surface area (Å²) in [5, 5.41) is 10.4. The first-order valence-electron chi connectivity index (χ1n) is 6.24. The molecular formula is C15H15NO4S. The summed E-state index contributed by atoms with van der Waals surface area (Å²) >= 11 is 1.49. The predicted octanol–water partition coefficient (Wildman–Crippen LogP) is 3.02. The number of carboxylic acids is 1. The van der Waals surface area contributed by atoms with Gasteiger partial charge in [-0.05, 0) is 36.1 Å². The Labute approximate surface area is 126 Å². The van der Waals surface area contributed by atoms with Gasteiger partial charge in [0.25, 0.3) is 5.91 Å². The van der Waals surface area contributed by atoms with Crippen molar-refractivity contribution in [1.29, 1.82) is 0 Å². The molecule has 0 radical (unpaired) electrons. The van der Waals surface area contributed by atoms with Crippen molar-refractivity contribution >= 4 is 29.3 Å². The molecule has 0 unspecified atom stereocenters. The second-order valence-electron chi connectivity index (χ2n) is 4.63. The van der Waals surface area contributed by atoms with Crippen LogP contribution in [-0.4, -0.2) is 28.9 Å². The molecule has 0 fully saturated rings. The first-order valence-corrected chi connectivity index (χ1v) is 7.12. The molecule has 1 amide bonds. The number of aryl methyl sites for hydroxylation is 1. The van der Waals surface area contributed by atoms with Gasteiger partial charge >= 0.3 is 5.97 Å². The van der Waals surface area contributed by atoms with Crippen molar-refractivity contribution in [3.8, 4) is 0 Å². The number of rotatable bonds is 5. The molecule has 5 nitrogen and oxygen atoms in total. The largest absolute Gasteiger partial charge is 0.478 e. The van der Waals surface area contributed by atoms with E-state index in [4.69, 9.17) is 9.52 Å². The van der Waals surface area contributed by atoms with Gasteiger partial charge in [-0.2, -0.15) is 0 Å². The van der Waals surface area contributed by atoms with Gasteiger partial charge < -0.3 is 14.4 Å². The van der Waals surface area contributed by atoms with Crippen LogP contribution >= 0.6 is 11.3 Å². The van der Waals surface area contributed by atoms with Crippen LogP contribution in [0.15, 0.2) is 34.3 Å². The van der Waals surface area contributed by atoms with E-state index in [2.05, 4.69) is 0 Å². The highest BCUT2D eigenvalue weighted by Gasteiger charge is 2.14. The van der Waals surface area contributed by atoms with E-state index in [0.717, 1.165) is 16.5 Å². The van der Waals surface area contributed by atoms with E-state index in [-0.39, 0.29) is 5.91 Å². The molecule has 0 aliphatic rings. The van der Waals surface area contributed by atoms with Gasteiger partial charge in [0.2, 0.25) is 0 Å². The number of hydrogen-bond acceptors (Lipinski definition) is 4. The molecule has 0 aromatic carbocycles. The maximum atomic E-state index is 12.2. The van der Waals surface area contributed by atoms with Crippen molar-refractivity contribution < 1.29 is 19.1 Å². The van der Waals surface area contributed by atoms with Crippen LogP contribution in [0.1, 0.15) is 26.6 Å². The van der Waals surface area contributed by atoms with Crippen LogP contribution in [0.3, 0.4) is 0 Å². The highest BCUT2D eigenvalue weighted by molar-refractivity contribution is 7.10. The van der Waals surface area contributed by atoms with E-state index in [0.29, 0.717) is 17.9 Å². The molecule has 2 aromatic rings. The summed E-state index contributed by atoms with van der Waals surface area (Å²) in [5.74, 6) is -0.391. The minimum Gasteiger partial charge on any atom is -0.478 e. The summed E-state index contributed by atoms with van der Waals surface area (Å²) in [5.41, 5.74) is 1.34. The SMILES string of the molecule is Cc1cc(C(=O)N(C)Cc2cc(/C=C/C(=O)O)cs2)co1. The Morgan fingerprint density at radius 3 is 2.81 bits per heavy atom. The second-order valence-corrected chi connectivity index (χ2v) is 5.62. The molecule has 0 atom stereocenters. The standard InChI is InChI=1S/C15H15NO4S/c1-10-5-12(8-20-10)15(19)16(2)7-13-6-11(9-21-13)3-4-14(17)18/h3-6,8-9H,7H2,1-2H3,(H,17,18)/b4-3+. The maximum absolute atomic E-state index is 12.2. The van der Waals surface area contributed by atoms with Crippen LogP contribution in [0.4, 0.5) is 0 Å². The van der Waals surface area contributed by atoms with E-state index >= 15 is 0 Å². The van der Waals surface area contributed by atoms with Gasteiger partial charge in [-0.25, -0.2) is 4.79 Å². The summed E-state index contributed by atoms with van der Waals surface area (Å²) in [6, 6.07) is 3.57. The number of nitrogens with zero attached hydrogens (tertiary/aromatic N) is 1. The Hall–Kier alpha value is -2.34. The molecular weight excluding hydrogens is 290 g/mol. The third-order valence-electron chi connectivity index (χ3n) is 2.81. The van der Waals surface area contributed by atoms with Gasteiger partial charge in [0, 0.05) is 18.0 Å². The number of carbonyl (C=O) groups is 2. The third-order valence-corrected chi connectivity index (χ3v) is 3.75. The zero-order valence-corrected chi connectivity index (χ0v) is 12.5. The number of thiophene rings is 1. The molecule has 2 rings (SSSR count). The Morgan fingerprint density at radius 1 is 1.43 bits per heavy atom. The highest BCUT2D eigenvalue weighted by atomic mass is 32.1. The lowest BCUT2D eigenvalue weighted by Gasteiger charge is -2.14. The second kappa shape index (κ2) is 6.41. The smallest absolute Gasteiger partial charge is 0.328 e. The van der Waals surface area contributed by atoms with Crippen LogP contribution in [0.2, 0.25) is 0 Å². The highest BCUT2D eigenvalue weighted by Crippen LogP contribution is 2.19. The summed E-state index contributed by atoms with van der Waals surface area (Å²) in [6.07, 6.45) is 4.07. The van der Waals surface area contributed by atoms with Crippen molar-refractivity contribution in [2.75, 3.05) is 7.05 Å². The minimum atomic E-state index is -0.981. The monoisotopic (exact) mass is 305 g/mol. The van der Waals surface area contributed by atoms with Crippen LogP contribution in [0.25, 0.3) is 6.08 Å². The van der Waals surface area contributed by atoms with Gasteiger partial charge in [-0.1, -0.05) is 0 Å². The fourth-order valence-corrected chi connectivity index (χ4v) is 2.72. The molecule has 0 saturated heterocycles. The zero-order valence-electron chi connectivity index (χ0n) is 11.7. The molecule has 0 saturated carbocycles. The number of hydrogen-bond donors (Lipinski definition) is 1. The van der Waals surface area contributed by atoms with Crippen molar-refractivity contribution in [3.63, 3.8) is 0 Å². The summed E-state index contributed by atoms with van der Waals surface area (Å²) in [6.45, 7) is 2.26. The molecule has 6 heteroatoms. The number of carbonyl (C=O) groups excluding carboxylic acids is 1. The Morgan fingerprint density at radius 2 is 2.19 bits per heavy atom. The van der Waals surface area contributed by atoms with E-state index in [1.807, 2.05) is 11.4 Å². The lowest BCUT2D eigenvalue weighted by atomic mass is 10.2. The maximum Gasteiger partial charge on any atom is 0.328 e. The van der Waals surface area contributed by atoms with Crippen LogP contribution < -0.4 is 0 Å². The molecule has 0 bridgehead atoms. The number of carboxylic acid groups (broad SMARTS) is 1. The van der Waals surface area contributed by atoms with E-state index < -0.39 is 5.97 Å². The van der Waals surface area contributed by atoms with E-state index in [1.165, 1.54) is 23.7 Å². The van der Waals surface area contributed by atoms with Crippen LogP contribution in [0.5, 0.6) is 0 Å². The van der Waals surface area contributed by atoms with Gasteiger partial charge in [0.05, 0.1) is 12.1 Å². The average molecular weight is 305 g/mol. The normalized spacial score (nSPS) is 11.0. The first kappa shape index (κ1) is 15.1. The fourth-order valence-electron chi connectivity index (χ4n) is 1.82. The van der Waals surface area contributed by atoms with Crippen molar-refractivity contribution in [2.24, 2.45) is 0 Å². The Bertz CT molecular complexity index is 683. The quantitative estimate of drug-likeness (QED) is 0.862. The summed E-state index contributed by atoms with van der Waals surface area (Å²) < 4.78 is 5.13. The first-order chi connectivity index (χ1) is 9.95. The molecule has 0 spiro atoms. The van der Waals surface area contributed by atoms with Gasteiger partial charge in [0.1, 0.15) is 12.0 Å². The minimum absolute atomic E-state index is 0.108. The van der Waals surface area contributed by atoms with Crippen LogP contribution in [-0.2, 0) is 11.3 Å². The number of aliphatic carboxylic acids is 1. The third kappa shape index (κ3) is 4.06. The Balaban J connectivity index is 2.01. The van der Waals surface area contributed by atoms with Gasteiger partial charge in [-0.3, -0.25) is 4.79 Å². The summed E-state index contributed by atoms with van der Waals surface area (Å²) in [7, 11) is 1.72. The van der Waals surface area contributed by atoms with E-state index in [9.17, 15) is 9.59 Å². The molecule has 0 aliphatic carbocycles. The number of furan rings is 1. The predicted molar refractivity (Wildman–Crippen MR) is 80.2 cm³/mol. The number of amides is 1. The molecule has 110 valence electrons. The summed E-state index contributed by atoms with van der Waals surface area (Å²) in [4.78, 5) is 25.2. The average Bonchev–Trinajstić information content (AvgIpc) is 3.04. The molecule has 1 N–H and O–H groups in total. The fraction of sp³-hybridized carbons (Fsp3) is 0.200. The van der Waals surface area contributed by atoms with Crippen molar-refractivity contribution in [1.82, 2.24) is 4.90 Å². The van der Waals surface area contributed by atoms with Crippen molar-refractivity contribution in [2.45, 2.75) is 13.5 Å². The van der Waals surface area contributed by atoms with Gasteiger partial charge in [0.15, 0.2) is 0 Å². The van der Waals surface area contributed by atoms with Gasteiger partial charge in [-0.15, -0.1) is 11.3 Å². The Kier molecular flexibility index (Phi) is 4.59. The van der Waals surface area contributed by atoms with Crippen LogP contribution in [0, 0.1) is 6.92 Å².